The number of hydrogen-bond acceptors (Lipinski definition) is 3. The second-order valence-electron chi connectivity index (χ2n) is 5.61. The molecule has 1 aliphatic heterocycles. The van der Waals surface area contributed by atoms with Gasteiger partial charge in [-0.15, -0.1) is 0 Å². The normalized spacial score (nSPS) is 17.3. The number of carboxylic acids is 1. The molecule has 0 bridgehead atoms. The van der Waals surface area contributed by atoms with E-state index in [-0.39, 0.29) is 6.03 Å². The molecular weight excluding hydrogens is 282 g/mol. The predicted octanol–water partition coefficient (Wildman–Crippen LogP) is 1.63. The number of nitrogens with one attached hydrogen (secondary N) is 1. The van der Waals surface area contributed by atoms with Crippen molar-refractivity contribution in [3.8, 4) is 0 Å². The second-order valence-corrected chi connectivity index (χ2v) is 5.61. The van der Waals surface area contributed by atoms with Gasteiger partial charge in [0.15, 0.2) is 0 Å². The summed E-state index contributed by atoms with van der Waals surface area (Å²) in [6.45, 7) is 2.27. The van der Waals surface area contributed by atoms with Crippen molar-refractivity contribution in [1.29, 1.82) is 0 Å². The van der Waals surface area contributed by atoms with E-state index in [1.807, 2.05) is 25.2 Å². The van der Waals surface area contributed by atoms with Gasteiger partial charge in [0.2, 0.25) is 0 Å². The van der Waals surface area contributed by atoms with Crippen LogP contribution < -0.4 is 10.2 Å². The van der Waals surface area contributed by atoms with Gasteiger partial charge in [0.1, 0.15) is 0 Å². The quantitative estimate of drug-likeness (QED) is 0.784. The molecule has 1 saturated heterocycles. The van der Waals surface area contributed by atoms with Crippen molar-refractivity contribution in [2.24, 2.45) is 5.92 Å². The summed E-state index contributed by atoms with van der Waals surface area (Å²) >= 11 is 0. The first-order valence-electron chi connectivity index (χ1n) is 7.59. The van der Waals surface area contributed by atoms with Crippen LogP contribution in [-0.4, -0.2) is 55.2 Å². The van der Waals surface area contributed by atoms with Crippen LogP contribution in [0.1, 0.15) is 12.8 Å². The lowest BCUT2D eigenvalue weighted by molar-refractivity contribution is -0.141. The minimum absolute atomic E-state index is 0.161. The summed E-state index contributed by atoms with van der Waals surface area (Å²) < 4.78 is 0. The molecule has 1 aliphatic rings. The van der Waals surface area contributed by atoms with Crippen molar-refractivity contribution in [2.45, 2.75) is 12.8 Å². The van der Waals surface area contributed by atoms with Crippen molar-refractivity contribution < 1.29 is 14.7 Å². The zero-order valence-electron chi connectivity index (χ0n) is 12.9. The number of aliphatic carboxylic acids is 1. The fraction of sp³-hybridized carbons (Fsp3) is 0.500. The zero-order chi connectivity index (χ0) is 15.9. The third-order valence-corrected chi connectivity index (χ3v) is 3.97. The van der Waals surface area contributed by atoms with Gasteiger partial charge in [-0.05, 0) is 25.0 Å². The third kappa shape index (κ3) is 4.38. The molecule has 0 aliphatic carbocycles. The Kier molecular flexibility index (Phi) is 5.63. The Bertz CT molecular complexity index is 507. The number of urea groups is 1. The Labute approximate surface area is 130 Å². The van der Waals surface area contributed by atoms with Crippen LogP contribution in [0.15, 0.2) is 30.3 Å². The van der Waals surface area contributed by atoms with E-state index in [1.165, 1.54) is 0 Å². The van der Waals surface area contributed by atoms with Crippen LogP contribution in [0.25, 0.3) is 0 Å². The highest BCUT2D eigenvalue weighted by Crippen LogP contribution is 2.16. The predicted molar refractivity (Wildman–Crippen MR) is 85.0 cm³/mol. The number of rotatable bonds is 6. The van der Waals surface area contributed by atoms with Crippen LogP contribution in [0.3, 0.4) is 0 Å². The Morgan fingerprint density at radius 3 is 2.73 bits per heavy atom. The van der Waals surface area contributed by atoms with Gasteiger partial charge in [-0.1, -0.05) is 18.2 Å². The highest BCUT2D eigenvalue weighted by molar-refractivity contribution is 5.77. The SMILES string of the molecule is CN(CCCNC(=O)N1CCC(C(=O)O)C1)c1ccccc1. The molecule has 6 nitrogen and oxygen atoms in total. The lowest BCUT2D eigenvalue weighted by Crippen LogP contribution is -2.40. The van der Waals surface area contributed by atoms with E-state index in [2.05, 4.69) is 22.3 Å². The van der Waals surface area contributed by atoms with E-state index in [0.29, 0.717) is 26.1 Å². The summed E-state index contributed by atoms with van der Waals surface area (Å²) in [7, 11) is 2.02. The molecule has 1 unspecified atom stereocenters. The number of para-hydroxylation sites is 1. The van der Waals surface area contributed by atoms with Gasteiger partial charge in [-0.25, -0.2) is 4.79 Å². The van der Waals surface area contributed by atoms with Gasteiger partial charge < -0.3 is 20.2 Å². The molecule has 1 aromatic rings. The fourth-order valence-corrected chi connectivity index (χ4v) is 2.58. The topological polar surface area (TPSA) is 72.9 Å². The zero-order valence-corrected chi connectivity index (χ0v) is 12.9. The van der Waals surface area contributed by atoms with E-state index < -0.39 is 11.9 Å². The monoisotopic (exact) mass is 305 g/mol. The highest BCUT2D eigenvalue weighted by Gasteiger charge is 2.30. The van der Waals surface area contributed by atoms with Crippen LogP contribution in [0.5, 0.6) is 0 Å². The molecule has 1 aromatic carbocycles. The highest BCUT2D eigenvalue weighted by atomic mass is 16.4. The van der Waals surface area contributed by atoms with E-state index >= 15 is 0 Å². The van der Waals surface area contributed by atoms with E-state index in [1.54, 1.807) is 4.90 Å². The third-order valence-electron chi connectivity index (χ3n) is 3.97. The molecule has 1 fully saturated rings. The number of benzene rings is 1. The first kappa shape index (κ1) is 16.1. The molecule has 0 spiro atoms. The molecule has 1 heterocycles. The Morgan fingerprint density at radius 2 is 2.09 bits per heavy atom. The Morgan fingerprint density at radius 1 is 1.36 bits per heavy atom. The summed E-state index contributed by atoms with van der Waals surface area (Å²) in [5.74, 6) is -1.24. The van der Waals surface area contributed by atoms with Crippen molar-refractivity contribution in [2.75, 3.05) is 38.1 Å². The molecule has 2 N–H and O–H groups in total. The Hall–Kier alpha value is -2.24. The van der Waals surface area contributed by atoms with Crippen LogP contribution >= 0.6 is 0 Å². The summed E-state index contributed by atoms with van der Waals surface area (Å²) in [5, 5.41) is 11.8. The number of likely N-dealkylation sites (tertiary alicyclic amines) is 1. The first-order chi connectivity index (χ1) is 10.6. The number of anilines is 1. The summed E-state index contributed by atoms with van der Waals surface area (Å²) in [6.07, 6.45) is 1.38. The summed E-state index contributed by atoms with van der Waals surface area (Å²) in [5.41, 5.74) is 1.15. The number of amides is 2. The van der Waals surface area contributed by atoms with Crippen LogP contribution in [0.4, 0.5) is 10.5 Å². The number of carbonyl (C=O) groups is 2. The van der Waals surface area contributed by atoms with Gasteiger partial charge >= 0.3 is 12.0 Å². The molecule has 1 atom stereocenters. The van der Waals surface area contributed by atoms with Gasteiger partial charge in [-0.2, -0.15) is 0 Å². The summed E-state index contributed by atoms with van der Waals surface area (Å²) in [6, 6.07) is 9.92. The second kappa shape index (κ2) is 7.68. The number of hydrogen-bond donors (Lipinski definition) is 2. The van der Waals surface area contributed by atoms with Gasteiger partial charge in [-0.3, -0.25) is 4.79 Å². The first-order valence-corrected chi connectivity index (χ1v) is 7.59. The minimum atomic E-state index is -0.820. The lowest BCUT2D eigenvalue weighted by Gasteiger charge is -2.20. The van der Waals surface area contributed by atoms with Crippen molar-refractivity contribution in [3.05, 3.63) is 30.3 Å². The minimum Gasteiger partial charge on any atom is -0.481 e. The molecule has 2 rings (SSSR count). The number of carbonyl (C=O) groups excluding carboxylic acids is 1. The maximum absolute atomic E-state index is 11.9. The van der Waals surface area contributed by atoms with Gasteiger partial charge in [0.25, 0.3) is 0 Å². The van der Waals surface area contributed by atoms with Crippen molar-refractivity contribution >= 4 is 17.7 Å². The molecule has 0 radical (unpaired) electrons. The van der Waals surface area contributed by atoms with Gasteiger partial charge in [0, 0.05) is 38.9 Å². The molecule has 0 aromatic heterocycles. The van der Waals surface area contributed by atoms with Crippen molar-refractivity contribution in [1.82, 2.24) is 10.2 Å². The number of carboxylic acid groups (broad SMARTS) is 1. The van der Waals surface area contributed by atoms with Crippen LogP contribution in [-0.2, 0) is 4.79 Å². The molecule has 22 heavy (non-hydrogen) atoms. The molecule has 120 valence electrons. The van der Waals surface area contributed by atoms with Crippen LogP contribution in [0, 0.1) is 5.92 Å². The Balaban J connectivity index is 1.64. The van der Waals surface area contributed by atoms with E-state index in [4.69, 9.17) is 5.11 Å². The lowest BCUT2D eigenvalue weighted by atomic mass is 10.1. The largest absolute Gasteiger partial charge is 0.481 e. The number of nitrogens with zero attached hydrogens (tertiary/aromatic N) is 2. The fourth-order valence-electron chi connectivity index (χ4n) is 2.58. The van der Waals surface area contributed by atoms with Crippen LogP contribution in [0.2, 0.25) is 0 Å². The molecule has 6 heteroatoms. The van der Waals surface area contributed by atoms with E-state index in [9.17, 15) is 9.59 Å². The average molecular weight is 305 g/mol. The van der Waals surface area contributed by atoms with E-state index in [0.717, 1.165) is 18.7 Å². The molecular formula is C16H23N3O3. The summed E-state index contributed by atoms with van der Waals surface area (Å²) in [4.78, 5) is 26.5. The maximum Gasteiger partial charge on any atom is 0.317 e. The standard InChI is InChI=1S/C16H23N3O3/c1-18(14-6-3-2-4-7-14)10-5-9-17-16(22)19-11-8-13(12-19)15(20)21/h2-4,6-7,13H,5,8-12H2,1H3,(H,17,22)(H,20,21). The van der Waals surface area contributed by atoms with Gasteiger partial charge in [0.05, 0.1) is 5.92 Å². The smallest absolute Gasteiger partial charge is 0.317 e. The molecule has 0 saturated carbocycles. The maximum atomic E-state index is 11.9. The molecule has 2 amide bonds. The average Bonchev–Trinajstić information content (AvgIpc) is 3.02. The van der Waals surface area contributed by atoms with Crippen molar-refractivity contribution in [3.63, 3.8) is 0 Å².